The normalized spacial score (nSPS) is 9.71. The molecule has 0 spiro atoms. The molecule has 0 saturated carbocycles. The third-order valence-corrected chi connectivity index (χ3v) is 2.59. The average Bonchev–Trinajstić information content (AvgIpc) is 2.53. The summed E-state index contributed by atoms with van der Waals surface area (Å²) in [5.74, 6) is 1.97. The van der Waals surface area contributed by atoms with E-state index < -0.39 is 0 Å². The highest BCUT2D eigenvalue weighted by Gasteiger charge is 1.99. The maximum absolute atomic E-state index is 8.71. The molecule has 0 atom stereocenters. The van der Waals surface area contributed by atoms with Crippen molar-refractivity contribution in [2.24, 2.45) is 0 Å². The van der Waals surface area contributed by atoms with E-state index >= 15 is 0 Å². The Hall–Kier alpha value is -2.81. The Bertz CT molecular complexity index is 608. The number of nitriles is 1. The van der Waals surface area contributed by atoms with E-state index in [4.69, 9.17) is 14.7 Å². The number of nitrogens with one attached hydrogen (secondary N) is 1. The summed E-state index contributed by atoms with van der Waals surface area (Å²) in [4.78, 5) is 8.09. The van der Waals surface area contributed by atoms with Gasteiger partial charge >= 0.3 is 0 Å². The summed E-state index contributed by atoms with van der Waals surface area (Å²) in [6.45, 7) is 3.56. The fraction of sp³-hybridized carbons (Fsp3) is 0.267. The molecule has 0 fully saturated rings. The maximum Gasteiger partial charge on any atom is 0.218 e. The molecule has 0 amide bonds. The van der Waals surface area contributed by atoms with Crippen molar-refractivity contribution in [1.82, 2.24) is 9.97 Å². The molecular formula is C15H16N4O2. The zero-order valence-corrected chi connectivity index (χ0v) is 11.7. The second-order valence-electron chi connectivity index (χ2n) is 4.09. The van der Waals surface area contributed by atoms with E-state index in [1.807, 2.05) is 6.92 Å². The zero-order valence-electron chi connectivity index (χ0n) is 11.7. The Morgan fingerprint density at radius 2 is 2.00 bits per heavy atom. The minimum absolute atomic E-state index is 0.486. The summed E-state index contributed by atoms with van der Waals surface area (Å²) in [6.07, 6.45) is 1.45. The van der Waals surface area contributed by atoms with Crippen LogP contribution >= 0.6 is 0 Å². The molecule has 108 valence electrons. The molecule has 0 bridgehead atoms. The lowest BCUT2D eigenvalue weighted by Crippen LogP contribution is -2.12. The van der Waals surface area contributed by atoms with Crippen molar-refractivity contribution in [2.45, 2.75) is 6.92 Å². The monoisotopic (exact) mass is 284 g/mol. The van der Waals surface area contributed by atoms with Gasteiger partial charge in [0.2, 0.25) is 5.88 Å². The molecule has 0 aliphatic carbocycles. The van der Waals surface area contributed by atoms with Crippen LogP contribution in [0.15, 0.2) is 36.7 Å². The molecule has 1 aromatic heterocycles. The SMILES string of the molecule is CCOc1cc(NCCOc2ccc(C#N)cc2)ncn1. The quantitative estimate of drug-likeness (QED) is 0.785. The summed E-state index contributed by atoms with van der Waals surface area (Å²) in [6, 6.07) is 10.8. The van der Waals surface area contributed by atoms with E-state index in [0.29, 0.717) is 37.0 Å². The van der Waals surface area contributed by atoms with E-state index in [0.717, 1.165) is 5.75 Å². The Kier molecular flexibility index (Phi) is 5.35. The fourth-order valence-electron chi connectivity index (χ4n) is 1.64. The third-order valence-electron chi connectivity index (χ3n) is 2.59. The van der Waals surface area contributed by atoms with E-state index in [2.05, 4.69) is 21.4 Å². The highest BCUT2D eigenvalue weighted by molar-refractivity contribution is 5.37. The minimum Gasteiger partial charge on any atom is -0.492 e. The summed E-state index contributed by atoms with van der Waals surface area (Å²) >= 11 is 0. The third kappa shape index (κ3) is 4.66. The lowest BCUT2D eigenvalue weighted by molar-refractivity contribution is 0.325. The molecule has 6 nitrogen and oxygen atoms in total. The van der Waals surface area contributed by atoms with Crippen molar-refractivity contribution < 1.29 is 9.47 Å². The predicted octanol–water partition coefficient (Wildman–Crippen LogP) is 2.24. The number of hydrogen-bond acceptors (Lipinski definition) is 6. The van der Waals surface area contributed by atoms with Crippen molar-refractivity contribution in [3.63, 3.8) is 0 Å². The fourth-order valence-corrected chi connectivity index (χ4v) is 1.64. The smallest absolute Gasteiger partial charge is 0.218 e. The van der Waals surface area contributed by atoms with Crippen molar-refractivity contribution >= 4 is 5.82 Å². The number of benzene rings is 1. The molecule has 2 aromatic rings. The molecule has 0 aliphatic heterocycles. The molecule has 0 saturated heterocycles. The van der Waals surface area contributed by atoms with Crippen LogP contribution in [0.3, 0.4) is 0 Å². The molecule has 21 heavy (non-hydrogen) atoms. The number of anilines is 1. The van der Waals surface area contributed by atoms with Gasteiger partial charge in [-0.25, -0.2) is 9.97 Å². The van der Waals surface area contributed by atoms with Crippen LogP contribution in [0.1, 0.15) is 12.5 Å². The largest absolute Gasteiger partial charge is 0.492 e. The van der Waals surface area contributed by atoms with Crippen LogP contribution in [0.4, 0.5) is 5.82 Å². The maximum atomic E-state index is 8.71. The first-order valence-corrected chi connectivity index (χ1v) is 6.63. The van der Waals surface area contributed by atoms with Gasteiger partial charge in [0.05, 0.1) is 24.8 Å². The first-order chi connectivity index (χ1) is 10.3. The minimum atomic E-state index is 0.486. The van der Waals surface area contributed by atoms with Gasteiger partial charge in [-0.15, -0.1) is 0 Å². The van der Waals surface area contributed by atoms with E-state index in [1.165, 1.54) is 6.33 Å². The van der Waals surface area contributed by atoms with Crippen molar-refractivity contribution in [2.75, 3.05) is 25.1 Å². The first kappa shape index (κ1) is 14.6. The molecule has 0 aliphatic rings. The van der Waals surface area contributed by atoms with Crippen LogP contribution in [-0.2, 0) is 0 Å². The van der Waals surface area contributed by atoms with Gasteiger partial charge in [0.25, 0.3) is 0 Å². The molecule has 0 radical (unpaired) electrons. The van der Waals surface area contributed by atoms with Crippen molar-refractivity contribution in [3.8, 4) is 17.7 Å². The Labute approximate surface area is 123 Å². The second-order valence-corrected chi connectivity index (χ2v) is 4.09. The van der Waals surface area contributed by atoms with E-state index in [9.17, 15) is 0 Å². The van der Waals surface area contributed by atoms with E-state index in [-0.39, 0.29) is 0 Å². The topological polar surface area (TPSA) is 80.1 Å². The molecule has 6 heteroatoms. The van der Waals surface area contributed by atoms with Gasteiger partial charge in [-0.2, -0.15) is 5.26 Å². The first-order valence-electron chi connectivity index (χ1n) is 6.63. The predicted molar refractivity (Wildman–Crippen MR) is 78.3 cm³/mol. The zero-order chi connectivity index (χ0) is 14.9. The average molecular weight is 284 g/mol. The Morgan fingerprint density at radius 1 is 1.19 bits per heavy atom. The molecular weight excluding hydrogens is 268 g/mol. The van der Waals surface area contributed by atoms with Gasteiger partial charge in [0.1, 0.15) is 24.5 Å². The number of aromatic nitrogens is 2. The number of rotatable bonds is 7. The van der Waals surface area contributed by atoms with Gasteiger partial charge in [-0.1, -0.05) is 0 Å². The number of ether oxygens (including phenoxy) is 2. The highest BCUT2D eigenvalue weighted by atomic mass is 16.5. The van der Waals surface area contributed by atoms with Gasteiger partial charge < -0.3 is 14.8 Å². The Balaban J connectivity index is 1.76. The van der Waals surface area contributed by atoms with Crippen LogP contribution < -0.4 is 14.8 Å². The lowest BCUT2D eigenvalue weighted by atomic mass is 10.2. The summed E-state index contributed by atoms with van der Waals surface area (Å²) in [5, 5.41) is 11.8. The van der Waals surface area contributed by atoms with E-state index in [1.54, 1.807) is 30.3 Å². The van der Waals surface area contributed by atoms with Gasteiger partial charge in [-0.05, 0) is 31.2 Å². The number of hydrogen-bond donors (Lipinski definition) is 1. The van der Waals surface area contributed by atoms with Crippen molar-refractivity contribution in [3.05, 3.63) is 42.2 Å². The summed E-state index contributed by atoms with van der Waals surface area (Å²) in [5.41, 5.74) is 0.616. The summed E-state index contributed by atoms with van der Waals surface area (Å²) in [7, 11) is 0. The van der Waals surface area contributed by atoms with Crippen molar-refractivity contribution in [1.29, 1.82) is 5.26 Å². The van der Waals surface area contributed by atoms with Gasteiger partial charge in [0.15, 0.2) is 0 Å². The van der Waals surface area contributed by atoms with Crippen LogP contribution in [0.5, 0.6) is 11.6 Å². The Morgan fingerprint density at radius 3 is 2.71 bits per heavy atom. The highest BCUT2D eigenvalue weighted by Crippen LogP contribution is 2.12. The molecule has 1 aromatic carbocycles. The van der Waals surface area contributed by atoms with Crippen LogP contribution in [0.2, 0.25) is 0 Å². The standard InChI is InChI=1S/C15H16N4O2/c1-2-20-15-9-14(18-11-19-15)17-7-8-21-13-5-3-12(10-16)4-6-13/h3-6,9,11H,2,7-8H2,1H3,(H,17,18,19). The summed E-state index contributed by atoms with van der Waals surface area (Å²) < 4.78 is 10.9. The molecule has 1 N–H and O–H groups in total. The molecule has 1 heterocycles. The van der Waals surface area contributed by atoms with Crippen LogP contribution in [-0.4, -0.2) is 29.7 Å². The van der Waals surface area contributed by atoms with Gasteiger partial charge in [-0.3, -0.25) is 0 Å². The lowest BCUT2D eigenvalue weighted by Gasteiger charge is -2.08. The van der Waals surface area contributed by atoms with Gasteiger partial charge in [0, 0.05) is 6.07 Å². The van der Waals surface area contributed by atoms with Crippen LogP contribution in [0.25, 0.3) is 0 Å². The number of nitrogens with zero attached hydrogens (tertiary/aromatic N) is 3. The van der Waals surface area contributed by atoms with Crippen LogP contribution in [0, 0.1) is 11.3 Å². The molecule has 0 unspecified atom stereocenters. The molecule has 2 rings (SSSR count). The second kappa shape index (κ2) is 7.70.